The lowest BCUT2D eigenvalue weighted by molar-refractivity contribution is -0.121. The lowest BCUT2D eigenvalue weighted by Gasteiger charge is -2.19. The van der Waals surface area contributed by atoms with Crippen molar-refractivity contribution in [1.29, 1.82) is 0 Å². The number of halogens is 1. The van der Waals surface area contributed by atoms with Gasteiger partial charge in [-0.05, 0) is 43.2 Å². The Bertz CT molecular complexity index is 356. The molecule has 3 nitrogen and oxygen atoms in total. The molecular formula is C13H21ClN2OS. The third kappa shape index (κ3) is 4.26. The molecule has 1 aromatic rings. The van der Waals surface area contributed by atoms with Crippen LogP contribution in [0.5, 0.6) is 0 Å². The summed E-state index contributed by atoms with van der Waals surface area (Å²) in [5.74, 6) is 0.657. The molecule has 18 heavy (non-hydrogen) atoms. The van der Waals surface area contributed by atoms with E-state index in [1.165, 1.54) is 11.3 Å². The Morgan fingerprint density at radius 3 is 3.00 bits per heavy atom. The van der Waals surface area contributed by atoms with E-state index in [0.717, 1.165) is 19.3 Å². The molecule has 102 valence electrons. The Hall–Kier alpha value is -0.580. The van der Waals surface area contributed by atoms with Crippen molar-refractivity contribution >= 4 is 29.7 Å². The third-order valence-corrected chi connectivity index (χ3v) is 4.42. The molecule has 5 heteroatoms. The van der Waals surface area contributed by atoms with Gasteiger partial charge in [-0.15, -0.1) is 23.7 Å². The summed E-state index contributed by atoms with van der Waals surface area (Å²) in [4.78, 5) is 13.1. The first-order valence-corrected chi connectivity index (χ1v) is 7.19. The van der Waals surface area contributed by atoms with Gasteiger partial charge in [0.1, 0.15) is 0 Å². The van der Waals surface area contributed by atoms with Crippen LogP contribution in [0.15, 0.2) is 17.5 Å². The maximum absolute atomic E-state index is 11.8. The highest BCUT2D eigenvalue weighted by atomic mass is 35.5. The summed E-state index contributed by atoms with van der Waals surface area (Å²) < 4.78 is 0. The minimum absolute atomic E-state index is 0. The molecule has 0 spiro atoms. The summed E-state index contributed by atoms with van der Waals surface area (Å²) in [7, 11) is 0. The number of hydrogen-bond donors (Lipinski definition) is 2. The van der Waals surface area contributed by atoms with Crippen molar-refractivity contribution in [3.63, 3.8) is 0 Å². The molecule has 0 saturated heterocycles. The molecule has 1 amide bonds. The Morgan fingerprint density at radius 2 is 2.33 bits per heavy atom. The van der Waals surface area contributed by atoms with Crippen molar-refractivity contribution in [2.75, 3.05) is 6.54 Å². The summed E-state index contributed by atoms with van der Waals surface area (Å²) in [5, 5.41) is 5.18. The van der Waals surface area contributed by atoms with Crippen molar-refractivity contribution < 1.29 is 4.79 Å². The quantitative estimate of drug-likeness (QED) is 0.874. The van der Waals surface area contributed by atoms with E-state index < -0.39 is 0 Å². The van der Waals surface area contributed by atoms with Crippen LogP contribution >= 0.6 is 23.7 Å². The van der Waals surface area contributed by atoms with Crippen molar-refractivity contribution in [1.82, 2.24) is 5.32 Å². The molecule has 1 fully saturated rings. The molecule has 1 aromatic heterocycles. The number of amides is 1. The number of nitrogens with one attached hydrogen (secondary N) is 1. The average molecular weight is 289 g/mol. The lowest BCUT2D eigenvalue weighted by atomic mass is 10.0. The fraction of sp³-hybridized carbons (Fsp3) is 0.615. The van der Waals surface area contributed by atoms with Gasteiger partial charge in [-0.1, -0.05) is 12.5 Å². The van der Waals surface area contributed by atoms with Gasteiger partial charge in [-0.25, -0.2) is 0 Å². The van der Waals surface area contributed by atoms with Gasteiger partial charge in [0.05, 0.1) is 0 Å². The summed E-state index contributed by atoms with van der Waals surface area (Å²) in [5.41, 5.74) is 5.70. The number of aryl methyl sites for hydroxylation is 1. The van der Waals surface area contributed by atoms with Gasteiger partial charge in [-0.3, -0.25) is 4.79 Å². The van der Waals surface area contributed by atoms with Crippen LogP contribution in [0.1, 0.15) is 30.6 Å². The SMILES string of the molecule is Cl.NCC1CCCC1NC(=O)CCc1cccs1. The normalized spacial score (nSPS) is 22.5. The Labute approximate surface area is 119 Å². The van der Waals surface area contributed by atoms with Gasteiger partial charge in [0.15, 0.2) is 0 Å². The highest BCUT2D eigenvalue weighted by molar-refractivity contribution is 7.09. The van der Waals surface area contributed by atoms with E-state index in [2.05, 4.69) is 16.8 Å². The molecule has 2 rings (SSSR count). The number of hydrogen-bond acceptors (Lipinski definition) is 3. The first-order chi connectivity index (χ1) is 8.29. The van der Waals surface area contributed by atoms with Gasteiger partial charge in [0.25, 0.3) is 0 Å². The average Bonchev–Trinajstić information content (AvgIpc) is 2.97. The highest BCUT2D eigenvalue weighted by Gasteiger charge is 2.26. The van der Waals surface area contributed by atoms with Crippen LogP contribution in [0.4, 0.5) is 0 Å². The third-order valence-electron chi connectivity index (χ3n) is 3.49. The van der Waals surface area contributed by atoms with Crippen LogP contribution in [0, 0.1) is 5.92 Å². The van der Waals surface area contributed by atoms with Crippen molar-refractivity contribution in [3.8, 4) is 0 Å². The van der Waals surface area contributed by atoms with E-state index in [9.17, 15) is 4.79 Å². The van der Waals surface area contributed by atoms with E-state index in [-0.39, 0.29) is 18.3 Å². The molecule has 1 heterocycles. The van der Waals surface area contributed by atoms with Crippen molar-refractivity contribution in [2.24, 2.45) is 11.7 Å². The second kappa shape index (κ2) is 7.77. The molecule has 1 saturated carbocycles. The standard InChI is InChI=1S/C13H20N2OS.ClH/c14-9-10-3-1-5-12(10)15-13(16)7-6-11-4-2-8-17-11;/h2,4,8,10,12H,1,3,5-7,9,14H2,(H,15,16);1H. The molecule has 0 bridgehead atoms. The molecule has 2 unspecified atom stereocenters. The number of thiophene rings is 1. The fourth-order valence-corrected chi connectivity index (χ4v) is 3.19. The van der Waals surface area contributed by atoms with Crippen LogP contribution in [-0.4, -0.2) is 18.5 Å². The predicted molar refractivity (Wildman–Crippen MR) is 78.2 cm³/mol. The van der Waals surface area contributed by atoms with Crippen LogP contribution in [0.2, 0.25) is 0 Å². The maximum Gasteiger partial charge on any atom is 0.220 e. The van der Waals surface area contributed by atoms with E-state index in [1.54, 1.807) is 11.3 Å². The number of carbonyl (C=O) groups is 1. The Kier molecular flexibility index (Phi) is 6.68. The van der Waals surface area contributed by atoms with Crippen molar-refractivity contribution in [2.45, 2.75) is 38.1 Å². The zero-order valence-electron chi connectivity index (χ0n) is 10.4. The van der Waals surface area contributed by atoms with Crippen LogP contribution in [-0.2, 0) is 11.2 Å². The molecule has 3 N–H and O–H groups in total. The maximum atomic E-state index is 11.8. The van der Waals surface area contributed by atoms with Gasteiger partial charge in [0.2, 0.25) is 5.91 Å². The number of rotatable bonds is 5. The minimum Gasteiger partial charge on any atom is -0.353 e. The van der Waals surface area contributed by atoms with Gasteiger partial charge in [-0.2, -0.15) is 0 Å². The monoisotopic (exact) mass is 288 g/mol. The predicted octanol–water partition coefficient (Wildman–Crippen LogP) is 2.35. The fourth-order valence-electron chi connectivity index (χ4n) is 2.48. The molecule has 1 aliphatic carbocycles. The van der Waals surface area contributed by atoms with Crippen LogP contribution < -0.4 is 11.1 Å². The Morgan fingerprint density at radius 1 is 1.50 bits per heavy atom. The van der Waals surface area contributed by atoms with Crippen molar-refractivity contribution in [3.05, 3.63) is 22.4 Å². The molecule has 2 atom stereocenters. The largest absolute Gasteiger partial charge is 0.353 e. The topological polar surface area (TPSA) is 55.1 Å². The highest BCUT2D eigenvalue weighted by Crippen LogP contribution is 2.24. The first kappa shape index (κ1) is 15.5. The smallest absolute Gasteiger partial charge is 0.220 e. The van der Waals surface area contributed by atoms with E-state index in [4.69, 9.17) is 5.73 Å². The summed E-state index contributed by atoms with van der Waals surface area (Å²) in [6.07, 6.45) is 4.88. The van der Waals surface area contributed by atoms with E-state index >= 15 is 0 Å². The summed E-state index contributed by atoms with van der Waals surface area (Å²) >= 11 is 1.71. The second-order valence-corrected chi connectivity index (χ2v) is 5.71. The molecular weight excluding hydrogens is 268 g/mol. The molecule has 0 aromatic carbocycles. The lowest BCUT2D eigenvalue weighted by Crippen LogP contribution is -2.39. The summed E-state index contributed by atoms with van der Waals surface area (Å²) in [6, 6.07) is 4.42. The van der Waals surface area contributed by atoms with E-state index in [1.807, 2.05) is 6.07 Å². The first-order valence-electron chi connectivity index (χ1n) is 6.31. The minimum atomic E-state index is 0. The second-order valence-electron chi connectivity index (χ2n) is 4.68. The number of carbonyl (C=O) groups excluding carboxylic acids is 1. The molecule has 1 aliphatic rings. The van der Waals surface area contributed by atoms with Gasteiger partial charge >= 0.3 is 0 Å². The van der Waals surface area contributed by atoms with Crippen LogP contribution in [0.3, 0.4) is 0 Å². The van der Waals surface area contributed by atoms with Gasteiger partial charge < -0.3 is 11.1 Å². The Balaban J connectivity index is 0.00000162. The molecule has 0 radical (unpaired) electrons. The number of nitrogens with two attached hydrogens (primary N) is 1. The zero-order chi connectivity index (χ0) is 12.1. The molecule has 0 aliphatic heterocycles. The van der Waals surface area contributed by atoms with Crippen LogP contribution in [0.25, 0.3) is 0 Å². The summed E-state index contributed by atoms with van der Waals surface area (Å²) in [6.45, 7) is 0.690. The van der Waals surface area contributed by atoms with Gasteiger partial charge in [0, 0.05) is 17.3 Å². The van der Waals surface area contributed by atoms with E-state index in [0.29, 0.717) is 24.9 Å². The zero-order valence-corrected chi connectivity index (χ0v) is 12.1.